The number of rotatable bonds is 2. The van der Waals surface area contributed by atoms with Crippen LogP contribution in [0.4, 0.5) is 4.79 Å². The van der Waals surface area contributed by atoms with Crippen LogP contribution in [0.15, 0.2) is 12.1 Å². The molecule has 136 valence electrons. The summed E-state index contributed by atoms with van der Waals surface area (Å²) in [5.74, 6) is 0.216. The Bertz CT molecular complexity index is 642. The van der Waals surface area contributed by atoms with Crippen molar-refractivity contribution in [2.75, 3.05) is 26.2 Å². The molecule has 3 rings (SSSR count). The predicted molar refractivity (Wildman–Crippen MR) is 96.8 cm³/mol. The highest BCUT2D eigenvalue weighted by Crippen LogP contribution is 2.27. The fraction of sp³-hybridized carbons (Fsp3) is 0.600. The zero-order valence-corrected chi connectivity index (χ0v) is 15.5. The molecule has 0 radical (unpaired) electrons. The maximum Gasteiger partial charge on any atom is 0.320 e. The van der Waals surface area contributed by atoms with Crippen molar-refractivity contribution in [2.45, 2.75) is 46.5 Å². The Morgan fingerprint density at radius 3 is 2.20 bits per heavy atom. The van der Waals surface area contributed by atoms with Gasteiger partial charge in [0.15, 0.2) is 0 Å². The second-order valence-corrected chi connectivity index (χ2v) is 7.41. The number of amides is 2. The average molecular weight is 344 g/mol. The minimum atomic E-state index is -0.236. The van der Waals surface area contributed by atoms with Crippen LogP contribution < -0.4 is 4.74 Å². The smallest absolute Gasteiger partial charge is 0.320 e. The fourth-order valence-electron chi connectivity index (χ4n) is 3.96. The summed E-state index contributed by atoms with van der Waals surface area (Å²) in [6.45, 7) is 8.85. The fourth-order valence-corrected chi connectivity index (χ4v) is 3.96. The molecule has 1 aromatic rings. The molecule has 2 saturated heterocycles. The predicted octanol–water partition coefficient (Wildman–Crippen LogP) is 3.45. The topological polar surface area (TPSA) is 49.9 Å². The Hall–Kier alpha value is -2.04. The molecule has 2 aliphatic rings. The molecular weight excluding hydrogens is 316 g/mol. The first-order valence-corrected chi connectivity index (χ1v) is 9.29. The first kappa shape index (κ1) is 17.8. The van der Waals surface area contributed by atoms with Crippen molar-refractivity contribution in [3.63, 3.8) is 0 Å². The van der Waals surface area contributed by atoms with Gasteiger partial charge in [0, 0.05) is 26.2 Å². The second-order valence-electron chi connectivity index (χ2n) is 7.41. The van der Waals surface area contributed by atoms with E-state index >= 15 is 0 Å². The summed E-state index contributed by atoms with van der Waals surface area (Å²) in [7, 11) is 0. The molecule has 1 unspecified atom stereocenters. The largest absolute Gasteiger partial charge is 0.426 e. The van der Waals surface area contributed by atoms with Gasteiger partial charge >= 0.3 is 12.0 Å². The minimum Gasteiger partial charge on any atom is -0.426 e. The van der Waals surface area contributed by atoms with Crippen molar-refractivity contribution in [1.29, 1.82) is 0 Å². The van der Waals surface area contributed by atoms with Crippen molar-refractivity contribution in [3.8, 4) is 5.75 Å². The third-order valence-electron chi connectivity index (χ3n) is 5.21. The van der Waals surface area contributed by atoms with Crippen LogP contribution in [-0.4, -0.2) is 48.0 Å². The Morgan fingerprint density at radius 1 is 0.960 bits per heavy atom. The summed E-state index contributed by atoms with van der Waals surface area (Å²) in [4.78, 5) is 29.0. The lowest BCUT2D eigenvalue weighted by Gasteiger charge is -2.34. The summed E-state index contributed by atoms with van der Waals surface area (Å²) in [6.07, 6.45) is 3.80. The Morgan fingerprint density at radius 2 is 1.56 bits per heavy atom. The maximum absolute atomic E-state index is 12.7. The molecular formula is C20H28N2O3. The molecule has 0 aromatic heterocycles. The Balaban J connectivity index is 1.65. The van der Waals surface area contributed by atoms with Gasteiger partial charge in [-0.05, 0) is 57.6 Å². The lowest BCUT2D eigenvalue weighted by Crippen LogP contribution is -2.48. The number of aryl methyl sites for hydroxylation is 3. The quantitative estimate of drug-likeness (QED) is 0.610. The summed E-state index contributed by atoms with van der Waals surface area (Å²) < 4.78 is 5.73. The molecule has 0 spiro atoms. The van der Waals surface area contributed by atoms with E-state index in [1.165, 1.54) is 0 Å². The summed E-state index contributed by atoms with van der Waals surface area (Å²) in [5.41, 5.74) is 3.12. The molecule has 0 saturated carbocycles. The molecule has 2 amide bonds. The maximum atomic E-state index is 12.7. The molecule has 2 aliphatic heterocycles. The van der Waals surface area contributed by atoms with E-state index in [0.29, 0.717) is 12.3 Å². The molecule has 2 fully saturated rings. The van der Waals surface area contributed by atoms with E-state index in [-0.39, 0.29) is 17.9 Å². The number of carbonyl (C=O) groups excluding carboxylic acids is 2. The number of benzene rings is 1. The lowest BCUT2D eigenvalue weighted by molar-refractivity contribution is -0.140. The Kier molecular flexibility index (Phi) is 5.30. The van der Waals surface area contributed by atoms with Gasteiger partial charge < -0.3 is 14.5 Å². The van der Waals surface area contributed by atoms with E-state index in [1.807, 2.05) is 42.7 Å². The molecule has 5 nitrogen and oxygen atoms in total. The van der Waals surface area contributed by atoms with Gasteiger partial charge in [0.05, 0.1) is 5.92 Å². The molecule has 0 bridgehead atoms. The van der Waals surface area contributed by atoms with E-state index < -0.39 is 0 Å². The number of esters is 1. The molecule has 1 atom stereocenters. The summed E-state index contributed by atoms with van der Waals surface area (Å²) in [6, 6.07) is 4.14. The highest BCUT2D eigenvalue weighted by atomic mass is 16.5. The zero-order valence-electron chi connectivity index (χ0n) is 15.5. The third kappa shape index (κ3) is 3.97. The van der Waals surface area contributed by atoms with Gasteiger partial charge in [-0.15, -0.1) is 0 Å². The van der Waals surface area contributed by atoms with Gasteiger partial charge in [0.1, 0.15) is 5.75 Å². The molecule has 0 N–H and O–H groups in total. The first-order valence-electron chi connectivity index (χ1n) is 9.29. The molecule has 5 heteroatoms. The van der Waals surface area contributed by atoms with Crippen LogP contribution in [0, 0.1) is 26.7 Å². The van der Waals surface area contributed by atoms with E-state index in [2.05, 4.69) is 0 Å². The van der Waals surface area contributed by atoms with Gasteiger partial charge in [-0.2, -0.15) is 0 Å². The number of hydrogen-bond acceptors (Lipinski definition) is 3. The van der Waals surface area contributed by atoms with E-state index in [0.717, 1.165) is 62.0 Å². The number of hydrogen-bond donors (Lipinski definition) is 0. The number of likely N-dealkylation sites (tertiary alicyclic amines) is 2. The van der Waals surface area contributed by atoms with Gasteiger partial charge in [-0.3, -0.25) is 4.79 Å². The van der Waals surface area contributed by atoms with Crippen LogP contribution in [-0.2, 0) is 4.79 Å². The second kappa shape index (κ2) is 7.46. The molecule has 1 aromatic carbocycles. The summed E-state index contributed by atoms with van der Waals surface area (Å²) >= 11 is 0. The number of nitrogens with zero attached hydrogens (tertiary/aromatic N) is 2. The van der Waals surface area contributed by atoms with Crippen molar-refractivity contribution < 1.29 is 14.3 Å². The zero-order chi connectivity index (χ0) is 18.0. The minimum absolute atomic E-state index is 0.0812. The van der Waals surface area contributed by atoms with Gasteiger partial charge in [0.25, 0.3) is 0 Å². The van der Waals surface area contributed by atoms with Crippen molar-refractivity contribution in [1.82, 2.24) is 9.80 Å². The van der Waals surface area contributed by atoms with Gasteiger partial charge in [-0.25, -0.2) is 4.79 Å². The first-order chi connectivity index (χ1) is 12.0. The number of ether oxygens (including phenoxy) is 1. The van der Waals surface area contributed by atoms with Gasteiger partial charge in [-0.1, -0.05) is 17.7 Å². The van der Waals surface area contributed by atoms with Crippen LogP contribution in [0.2, 0.25) is 0 Å². The molecule has 0 aliphatic carbocycles. The SMILES string of the molecule is Cc1cc(C)c(OC(=O)C2CCCN(C(=O)N3CCCC3)C2)c(C)c1. The van der Waals surface area contributed by atoms with Crippen molar-refractivity contribution >= 4 is 12.0 Å². The lowest BCUT2D eigenvalue weighted by atomic mass is 9.98. The highest BCUT2D eigenvalue weighted by Gasteiger charge is 2.32. The standard InChI is InChI=1S/C20H28N2O3/c1-14-11-15(2)18(16(3)12-14)25-19(23)17-7-6-10-22(13-17)20(24)21-8-4-5-9-21/h11-12,17H,4-10,13H2,1-3H3. The van der Waals surface area contributed by atoms with Crippen LogP contribution in [0.1, 0.15) is 42.4 Å². The van der Waals surface area contributed by atoms with E-state index in [1.54, 1.807) is 0 Å². The normalized spacial score (nSPS) is 20.7. The molecule has 25 heavy (non-hydrogen) atoms. The van der Waals surface area contributed by atoms with Crippen LogP contribution >= 0.6 is 0 Å². The number of urea groups is 1. The number of carbonyl (C=O) groups is 2. The van der Waals surface area contributed by atoms with Crippen LogP contribution in [0.25, 0.3) is 0 Å². The number of piperidine rings is 1. The summed E-state index contributed by atoms with van der Waals surface area (Å²) in [5, 5.41) is 0. The van der Waals surface area contributed by atoms with Crippen LogP contribution in [0.3, 0.4) is 0 Å². The van der Waals surface area contributed by atoms with E-state index in [4.69, 9.17) is 4.74 Å². The monoisotopic (exact) mass is 344 g/mol. The van der Waals surface area contributed by atoms with E-state index in [9.17, 15) is 9.59 Å². The third-order valence-corrected chi connectivity index (χ3v) is 5.21. The van der Waals surface area contributed by atoms with Crippen LogP contribution in [0.5, 0.6) is 5.75 Å². The Labute approximate surface area is 149 Å². The highest BCUT2D eigenvalue weighted by molar-refractivity contribution is 5.79. The van der Waals surface area contributed by atoms with Crippen molar-refractivity contribution in [2.24, 2.45) is 5.92 Å². The van der Waals surface area contributed by atoms with Gasteiger partial charge in [0.2, 0.25) is 0 Å². The molecule has 2 heterocycles. The average Bonchev–Trinajstić information content (AvgIpc) is 3.12. The van der Waals surface area contributed by atoms with Crippen molar-refractivity contribution in [3.05, 3.63) is 28.8 Å².